The maximum Gasteiger partial charge on any atom is 0.317 e. The van der Waals surface area contributed by atoms with Crippen LogP contribution in [-0.2, 0) is 28.5 Å². The van der Waals surface area contributed by atoms with Gasteiger partial charge in [-0.1, -0.05) is 13.8 Å². The minimum absolute atomic E-state index is 0.0520. The van der Waals surface area contributed by atoms with Crippen LogP contribution in [0.15, 0.2) is 0 Å². The van der Waals surface area contributed by atoms with Gasteiger partial charge >= 0.3 is 5.97 Å². The van der Waals surface area contributed by atoms with Crippen molar-refractivity contribution in [1.82, 2.24) is 0 Å². The first-order valence-electron chi connectivity index (χ1n) is 11.5. The standard InChI is InChI=1S/C23H34O7/c1-11-6-15(24)14-9-17(29-10-28-5-4-27-3)12-7-18-20-19(22(26)30-18)16(25)8-13(11)23(14,2)21(12)20/h11-15,17-21,24H,4-10H2,1-3H3/t11-,12+,13+,14-,15-,17+,18-,19+,20+,21-,23-/m0/s1. The average molecular weight is 423 g/mol. The van der Waals surface area contributed by atoms with Gasteiger partial charge in [-0.05, 0) is 54.3 Å². The fourth-order valence-corrected chi connectivity index (χ4v) is 8.26. The second-order valence-corrected chi connectivity index (χ2v) is 10.4. The van der Waals surface area contributed by atoms with Crippen molar-refractivity contribution in [2.24, 2.45) is 46.8 Å². The van der Waals surface area contributed by atoms with E-state index >= 15 is 0 Å². The number of carbonyl (C=O) groups excluding carboxylic acids is 2. The van der Waals surface area contributed by atoms with Crippen LogP contribution in [0.5, 0.6) is 0 Å². The number of carbonyl (C=O) groups is 2. The number of ketones is 1. The van der Waals surface area contributed by atoms with Crippen LogP contribution in [0.1, 0.15) is 39.5 Å². The Bertz CT molecular complexity index is 710. The lowest BCUT2D eigenvalue weighted by Crippen LogP contribution is -2.60. The number of hydrogen-bond donors (Lipinski definition) is 1. The van der Waals surface area contributed by atoms with Gasteiger partial charge in [0.15, 0.2) is 0 Å². The Hall–Kier alpha value is -1.02. The summed E-state index contributed by atoms with van der Waals surface area (Å²) in [5.74, 6) is -0.103. The number of methoxy groups -OCH3 is 1. The molecule has 0 amide bonds. The summed E-state index contributed by atoms with van der Waals surface area (Å²) in [5, 5.41) is 11.1. The van der Waals surface area contributed by atoms with Crippen LogP contribution in [0.25, 0.3) is 0 Å². The Kier molecular flexibility index (Phi) is 5.24. The molecule has 0 unspecified atom stereocenters. The van der Waals surface area contributed by atoms with Crippen molar-refractivity contribution in [3.8, 4) is 0 Å². The van der Waals surface area contributed by atoms with E-state index in [0.29, 0.717) is 26.1 Å². The Morgan fingerprint density at radius 3 is 2.73 bits per heavy atom. The van der Waals surface area contributed by atoms with Gasteiger partial charge in [0.2, 0.25) is 0 Å². The zero-order chi connectivity index (χ0) is 21.2. The van der Waals surface area contributed by atoms with Crippen LogP contribution in [0.4, 0.5) is 0 Å². The summed E-state index contributed by atoms with van der Waals surface area (Å²) >= 11 is 0. The minimum atomic E-state index is -0.630. The van der Waals surface area contributed by atoms with E-state index < -0.39 is 12.0 Å². The van der Waals surface area contributed by atoms with E-state index in [0.717, 1.165) is 12.8 Å². The SMILES string of the molecule is COCCOCO[C@@H]1C[C@H]2[C@@H](O)C[C@H](C)[C@H]3CC(=O)[C@H]4C(=O)O[C@H]5C[C@H]1[C@@H]([C@@H]45)[C@@]32C. The molecule has 168 valence electrons. The molecule has 1 heterocycles. The number of hydrogen-bond acceptors (Lipinski definition) is 7. The number of rotatable bonds is 6. The van der Waals surface area contributed by atoms with Crippen molar-refractivity contribution >= 4 is 11.8 Å². The number of aliphatic hydroxyl groups is 1. The summed E-state index contributed by atoms with van der Waals surface area (Å²) in [4.78, 5) is 25.8. The van der Waals surface area contributed by atoms with Crippen LogP contribution < -0.4 is 0 Å². The van der Waals surface area contributed by atoms with Gasteiger partial charge in [-0.25, -0.2) is 0 Å². The van der Waals surface area contributed by atoms with Crippen LogP contribution in [0.3, 0.4) is 0 Å². The molecule has 0 aromatic carbocycles. The van der Waals surface area contributed by atoms with E-state index in [1.54, 1.807) is 7.11 Å². The Balaban J connectivity index is 1.49. The summed E-state index contributed by atoms with van der Waals surface area (Å²) in [7, 11) is 1.64. The highest BCUT2D eigenvalue weighted by molar-refractivity contribution is 6.01. The summed E-state index contributed by atoms with van der Waals surface area (Å²) in [5.41, 5.74) is -0.184. The molecule has 0 aromatic rings. The molecule has 5 fully saturated rings. The molecule has 0 aromatic heterocycles. The Morgan fingerprint density at radius 2 is 1.97 bits per heavy atom. The molecule has 7 nitrogen and oxygen atoms in total. The predicted octanol–water partition coefficient (Wildman–Crippen LogP) is 1.80. The lowest BCUT2D eigenvalue weighted by atomic mass is 9.45. The first kappa shape index (κ1) is 20.9. The Labute approximate surface area is 177 Å². The molecule has 0 radical (unpaired) electrons. The van der Waals surface area contributed by atoms with Crippen molar-refractivity contribution in [3.05, 3.63) is 0 Å². The van der Waals surface area contributed by atoms with Crippen molar-refractivity contribution in [1.29, 1.82) is 0 Å². The van der Waals surface area contributed by atoms with E-state index in [2.05, 4.69) is 13.8 Å². The largest absolute Gasteiger partial charge is 0.461 e. The maximum absolute atomic E-state index is 13.2. The summed E-state index contributed by atoms with van der Waals surface area (Å²) in [6.07, 6.45) is 1.97. The molecule has 7 heteroatoms. The van der Waals surface area contributed by atoms with Gasteiger partial charge in [0, 0.05) is 19.4 Å². The van der Waals surface area contributed by atoms with E-state index in [1.807, 2.05) is 0 Å². The highest BCUT2D eigenvalue weighted by Gasteiger charge is 2.72. The molecule has 4 aliphatic carbocycles. The Morgan fingerprint density at radius 1 is 1.17 bits per heavy atom. The third-order valence-corrected chi connectivity index (χ3v) is 9.33. The fraction of sp³-hybridized carbons (Fsp3) is 0.913. The number of ether oxygens (including phenoxy) is 4. The van der Waals surface area contributed by atoms with Crippen molar-refractivity contribution in [2.75, 3.05) is 27.1 Å². The predicted molar refractivity (Wildman–Crippen MR) is 105 cm³/mol. The molecule has 1 saturated heterocycles. The number of esters is 1. The molecule has 11 atom stereocenters. The molecule has 0 spiro atoms. The second-order valence-electron chi connectivity index (χ2n) is 10.4. The van der Waals surface area contributed by atoms with E-state index in [1.165, 1.54) is 0 Å². The lowest BCUT2D eigenvalue weighted by molar-refractivity contribution is -0.209. The van der Waals surface area contributed by atoms with Crippen molar-refractivity contribution in [2.45, 2.75) is 57.8 Å². The molecule has 30 heavy (non-hydrogen) atoms. The molecular formula is C23H34O7. The first-order chi connectivity index (χ1) is 14.4. The van der Waals surface area contributed by atoms with Gasteiger partial charge in [-0.2, -0.15) is 0 Å². The third kappa shape index (κ3) is 2.85. The normalized spacial score (nSPS) is 51.5. The van der Waals surface area contributed by atoms with Gasteiger partial charge in [-0.15, -0.1) is 0 Å². The van der Waals surface area contributed by atoms with Gasteiger partial charge in [0.1, 0.15) is 24.6 Å². The molecule has 1 aliphatic heterocycles. The smallest absolute Gasteiger partial charge is 0.317 e. The van der Waals surface area contributed by atoms with E-state index in [4.69, 9.17) is 18.9 Å². The topological polar surface area (TPSA) is 91.3 Å². The van der Waals surface area contributed by atoms with Crippen molar-refractivity contribution in [3.63, 3.8) is 0 Å². The molecule has 5 aliphatic rings. The highest BCUT2D eigenvalue weighted by Crippen LogP contribution is 2.69. The van der Waals surface area contributed by atoms with Crippen LogP contribution in [0, 0.1) is 46.8 Å². The average Bonchev–Trinajstić information content (AvgIpc) is 3.17. The molecule has 5 rings (SSSR count). The van der Waals surface area contributed by atoms with E-state index in [-0.39, 0.29) is 71.7 Å². The van der Waals surface area contributed by atoms with Crippen molar-refractivity contribution < 1.29 is 33.6 Å². The molecule has 0 bridgehead atoms. The summed E-state index contributed by atoms with van der Waals surface area (Å²) < 4.78 is 22.5. The summed E-state index contributed by atoms with van der Waals surface area (Å²) in [6.45, 7) is 5.62. The molecule has 1 N–H and O–H groups in total. The second kappa shape index (κ2) is 7.54. The van der Waals surface area contributed by atoms with Gasteiger partial charge in [-0.3, -0.25) is 9.59 Å². The van der Waals surface area contributed by atoms with Gasteiger partial charge in [0.25, 0.3) is 0 Å². The van der Waals surface area contributed by atoms with Crippen LogP contribution in [-0.4, -0.2) is 62.3 Å². The van der Waals surface area contributed by atoms with Gasteiger partial charge < -0.3 is 24.1 Å². The molecular weight excluding hydrogens is 388 g/mol. The number of Topliss-reactive ketones (excluding diaryl/α,β-unsaturated/α-hetero) is 1. The van der Waals surface area contributed by atoms with Gasteiger partial charge in [0.05, 0.1) is 25.4 Å². The molecule has 4 saturated carbocycles. The number of aliphatic hydroxyl groups excluding tert-OH is 1. The van der Waals surface area contributed by atoms with Crippen LogP contribution in [0.2, 0.25) is 0 Å². The minimum Gasteiger partial charge on any atom is -0.461 e. The van der Waals surface area contributed by atoms with E-state index in [9.17, 15) is 14.7 Å². The zero-order valence-corrected chi connectivity index (χ0v) is 18.1. The third-order valence-electron chi connectivity index (χ3n) is 9.33. The lowest BCUT2D eigenvalue weighted by Gasteiger charge is -2.61. The fourth-order valence-electron chi connectivity index (χ4n) is 8.26. The summed E-state index contributed by atoms with van der Waals surface area (Å²) in [6, 6.07) is 0. The monoisotopic (exact) mass is 422 g/mol. The van der Waals surface area contributed by atoms with Crippen LogP contribution >= 0.6 is 0 Å². The zero-order valence-electron chi connectivity index (χ0n) is 18.1. The maximum atomic E-state index is 13.2. The quantitative estimate of drug-likeness (QED) is 0.302. The highest BCUT2D eigenvalue weighted by atomic mass is 16.7. The first-order valence-corrected chi connectivity index (χ1v) is 11.5.